The van der Waals surface area contributed by atoms with E-state index < -0.39 is 17.7 Å². The van der Waals surface area contributed by atoms with Gasteiger partial charge in [0.05, 0.1) is 18.2 Å². The molecular weight excluding hydrogens is 454 g/mol. The summed E-state index contributed by atoms with van der Waals surface area (Å²) in [4.78, 5) is 27.7. The number of amides is 1. The van der Waals surface area contributed by atoms with Gasteiger partial charge in [-0.2, -0.15) is 0 Å². The van der Waals surface area contributed by atoms with Gasteiger partial charge in [-0.25, -0.2) is 0 Å². The number of rotatable bonds is 6. The van der Waals surface area contributed by atoms with Crippen LogP contribution in [0.3, 0.4) is 0 Å². The zero-order valence-electron chi connectivity index (χ0n) is 18.8. The summed E-state index contributed by atoms with van der Waals surface area (Å²) >= 11 is 6.01. The van der Waals surface area contributed by atoms with Crippen molar-refractivity contribution in [1.82, 2.24) is 0 Å². The number of aromatic hydroxyl groups is 1. The van der Waals surface area contributed by atoms with Gasteiger partial charge in [0, 0.05) is 16.3 Å². The van der Waals surface area contributed by atoms with Crippen LogP contribution in [0.15, 0.2) is 72.3 Å². The molecule has 0 bridgehead atoms. The lowest BCUT2D eigenvalue weighted by Crippen LogP contribution is -2.29. The van der Waals surface area contributed by atoms with Crippen molar-refractivity contribution in [3.63, 3.8) is 0 Å². The minimum atomic E-state index is -0.891. The van der Waals surface area contributed by atoms with E-state index in [1.165, 1.54) is 17.0 Å². The van der Waals surface area contributed by atoms with Crippen LogP contribution in [0.2, 0.25) is 5.02 Å². The van der Waals surface area contributed by atoms with Crippen LogP contribution in [0, 0.1) is 6.92 Å². The second kappa shape index (κ2) is 9.61. The number of aliphatic hydroxyl groups is 1. The smallest absolute Gasteiger partial charge is 0.300 e. The highest BCUT2D eigenvalue weighted by Crippen LogP contribution is 2.43. The van der Waals surface area contributed by atoms with Crippen molar-refractivity contribution in [3.05, 3.63) is 94.0 Å². The number of phenolic OH excluding ortho intramolecular Hbond substituents is 1. The Labute approximate surface area is 202 Å². The molecule has 1 atom stereocenters. The Kier molecular flexibility index (Phi) is 6.61. The lowest BCUT2D eigenvalue weighted by molar-refractivity contribution is -0.132. The van der Waals surface area contributed by atoms with Crippen molar-refractivity contribution < 1.29 is 24.5 Å². The summed E-state index contributed by atoms with van der Waals surface area (Å²) in [5, 5.41) is 21.5. The van der Waals surface area contributed by atoms with E-state index in [0.29, 0.717) is 34.2 Å². The van der Waals surface area contributed by atoms with Crippen LogP contribution >= 0.6 is 11.6 Å². The lowest BCUT2D eigenvalue weighted by Gasteiger charge is -2.25. The molecule has 0 aliphatic carbocycles. The van der Waals surface area contributed by atoms with Crippen LogP contribution < -0.4 is 9.64 Å². The number of aryl methyl sites for hydroxylation is 1. The highest BCUT2D eigenvalue weighted by molar-refractivity contribution is 6.51. The highest BCUT2D eigenvalue weighted by atomic mass is 35.5. The maximum Gasteiger partial charge on any atom is 0.300 e. The Bertz CT molecular complexity index is 1270. The normalized spacial score (nSPS) is 17.3. The summed E-state index contributed by atoms with van der Waals surface area (Å²) in [5.41, 5.74) is 2.19. The van der Waals surface area contributed by atoms with Crippen molar-refractivity contribution in [2.75, 3.05) is 11.5 Å². The van der Waals surface area contributed by atoms with Crippen molar-refractivity contribution in [2.24, 2.45) is 0 Å². The first-order valence-electron chi connectivity index (χ1n) is 10.9. The molecule has 0 spiro atoms. The average Bonchev–Trinajstić information content (AvgIpc) is 3.09. The molecule has 4 rings (SSSR count). The topological polar surface area (TPSA) is 87.1 Å². The zero-order valence-corrected chi connectivity index (χ0v) is 19.5. The Morgan fingerprint density at radius 2 is 1.71 bits per heavy atom. The van der Waals surface area contributed by atoms with Gasteiger partial charge in [-0.15, -0.1) is 0 Å². The van der Waals surface area contributed by atoms with E-state index in [0.717, 1.165) is 12.0 Å². The number of Topliss-reactive ketones (excluding diaryl/α,β-unsaturated/α-hetero) is 1. The number of nitrogens with zero attached hydrogens (tertiary/aromatic N) is 1. The number of hydrogen-bond donors (Lipinski definition) is 2. The number of hydrogen-bond acceptors (Lipinski definition) is 5. The average molecular weight is 478 g/mol. The number of ether oxygens (including phenoxy) is 1. The molecule has 1 heterocycles. The van der Waals surface area contributed by atoms with Crippen LogP contribution in [-0.2, 0) is 9.59 Å². The minimum absolute atomic E-state index is 0.0349. The van der Waals surface area contributed by atoms with Gasteiger partial charge in [0.2, 0.25) is 0 Å². The number of ketones is 1. The van der Waals surface area contributed by atoms with Gasteiger partial charge in [-0.3, -0.25) is 14.5 Å². The molecular formula is C27H24ClNO5. The Balaban J connectivity index is 1.87. The van der Waals surface area contributed by atoms with Crippen LogP contribution in [0.25, 0.3) is 5.76 Å². The first-order chi connectivity index (χ1) is 16.3. The minimum Gasteiger partial charge on any atom is -0.508 e. The monoisotopic (exact) mass is 477 g/mol. The van der Waals surface area contributed by atoms with E-state index in [4.69, 9.17) is 16.3 Å². The Morgan fingerprint density at radius 1 is 1.03 bits per heavy atom. The molecule has 3 aromatic rings. The molecule has 0 saturated carbocycles. The van der Waals surface area contributed by atoms with Gasteiger partial charge < -0.3 is 14.9 Å². The summed E-state index contributed by atoms with van der Waals surface area (Å²) in [6.45, 7) is 4.43. The van der Waals surface area contributed by atoms with Crippen LogP contribution in [-0.4, -0.2) is 28.5 Å². The fourth-order valence-electron chi connectivity index (χ4n) is 4.00. The molecule has 0 aromatic heterocycles. The van der Waals surface area contributed by atoms with E-state index in [-0.39, 0.29) is 17.1 Å². The Morgan fingerprint density at radius 3 is 2.32 bits per heavy atom. The third kappa shape index (κ3) is 4.37. The maximum atomic E-state index is 13.2. The largest absolute Gasteiger partial charge is 0.508 e. The summed E-state index contributed by atoms with van der Waals surface area (Å²) < 4.78 is 5.71. The first-order valence-corrected chi connectivity index (χ1v) is 11.3. The van der Waals surface area contributed by atoms with Gasteiger partial charge in [0.25, 0.3) is 11.7 Å². The summed E-state index contributed by atoms with van der Waals surface area (Å²) in [7, 11) is 0. The maximum absolute atomic E-state index is 13.2. The molecule has 1 aliphatic rings. The molecule has 1 aliphatic heterocycles. The second-order valence-corrected chi connectivity index (χ2v) is 8.50. The lowest BCUT2D eigenvalue weighted by atomic mass is 9.94. The molecule has 1 unspecified atom stereocenters. The number of anilines is 1. The molecule has 174 valence electrons. The van der Waals surface area contributed by atoms with Gasteiger partial charge in [-0.1, -0.05) is 30.7 Å². The number of aliphatic hydroxyl groups excluding tert-OH is 1. The summed E-state index contributed by atoms with van der Waals surface area (Å²) in [6, 6.07) is 17.0. The molecule has 1 saturated heterocycles. The third-order valence-electron chi connectivity index (χ3n) is 5.67. The van der Waals surface area contributed by atoms with E-state index >= 15 is 0 Å². The molecule has 0 radical (unpaired) electrons. The predicted molar refractivity (Wildman–Crippen MR) is 131 cm³/mol. The van der Waals surface area contributed by atoms with Crippen LogP contribution in [0.1, 0.15) is 36.1 Å². The SMILES string of the molecule is CCCOc1ccc(/C(O)=C2/C(=O)C(=O)N(c3ccc(Cl)cc3)C2c2ccc(O)cc2)cc1C. The first kappa shape index (κ1) is 23.4. The zero-order chi connectivity index (χ0) is 24.4. The highest BCUT2D eigenvalue weighted by Gasteiger charge is 2.47. The number of carbonyl (C=O) groups excluding carboxylic acids is 2. The number of benzene rings is 3. The quantitative estimate of drug-likeness (QED) is 0.267. The molecule has 6 nitrogen and oxygen atoms in total. The van der Waals surface area contributed by atoms with Crippen molar-refractivity contribution in [2.45, 2.75) is 26.3 Å². The molecule has 7 heteroatoms. The Hall–Kier alpha value is -3.77. The van der Waals surface area contributed by atoms with Crippen molar-refractivity contribution >= 4 is 34.7 Å². The van der Waals surface area contributed by atoms with Gasteiger partial charge in [-0.05, 0) is 79.1 Å². The predicted octanol–water partition coefficient (Wildman–Crippen LogP) is 5.77. The number of carbonyl (C=O) groups is 2. The number of halogens is 1. The van der Waals surface area contributed by atoms with E-state index in [1.807, 2.05) is 13.8 Å². The van der Waals surface area contributed by atoms with Crippen LogP contribution in [0.5, 0.6) is 11.5 Å². The molecule has 1 amide bonds. The van der Waals surface area contributed by atoms with Gasteiger partial charge in [0.15, 0.2) is 0 Å². The van der Waals surface area contributed by atoms with E-state index in [9.17, 15) is 19.8 Å². The van der Waals surface area contributed by atoms with Crippen LogP contribution in [0.4, 0.5) is 5.69 Å². The standard InChI is InChI=1S/C27H24ClNO5/c1-3-14-34-22-13-6-18(15-16(22)2)25(31)23-24(17-4-11-21(30)12-5-17)29(27(33)26(23)32)20-9-7-19(28)8-10-20/h4-13,15,24,30-31H,3,14H2,1-2H3/b25-23-. The van der Waals surface area contributed by atoms with E-state index in [1.54, 1.807) is 54.6 Å². The fraction of sp³-hybridized carbons (Fsp3) is 0.185. The van der Waals surface area contributed by atoms with Gasteiger partial charge in [0.1, 0.15) is 17.3 Å². The fourth-order valence-corrected chi connectivity index (χ4v) is 4.12. The second-order valence-electron chi connectivity index (χ2n) is 8.07. The van der Waals surface area contributed by atoms with Crippen molar-refractivity contribution in [3.8, 4) is 11.5 Å². The van der Waals surface area contributed by atoms with Crippen molar-refractivity contribution in [1.29, 1.82) is 0 Å². The van der Waals surface area contributed by atoms with Gasteiger partial charge >= 0.3 is 0 Å². The van der Waals surface area contributed by atoms with E-state index in [2.05, 4.69) is 0 Å². The number of phenols is 1. The summed E-state index contributed by atoms with van der Waals surface area (Å²) in [6.07, 6.45) is 0.863. The molecule has 2 N–H and O–H groups in total. The third-order valence-corrected chi connectivity index (χ3v) is 5.92. The summed E-state index contributed by atoms with van der Waals surface area (Å²) in [5.74, 6) is -1.10. The molecule has 3 aromatic carbocycles. The molecule has 34 heavy (non-hydrogen) atoms. The molecule has 1 fully saturated rings.